The van der Waals surface area contributed by atoms with Gasteiger partial charge in [0.25, 0.3) is 0 Å². The molecule has 1 saturated heterocycles. The minimum absolute atomic E-state index is 0.0852. The minimum atomic E-state index is -0.290. The molecule has 0 aliphatic carbocycles. The topological polar surface area (TPSA) is 47.0 Å². The van der Waals surface area contributed by atoms with Gasteiger partial charge in [0, 0.05) is 45.8 Å². The van der Waals surface area contributed by atoms with Gasteiger partial charge in [0.15, 0.2) is 0 Å². The normalized spacial score (nSPS) is 20.0. The van der Waals surface area contributed by atoms with Crippen LogP contribution in [0.5, 0.6) is 0 Å². The number of aliphatic hydroxyl groups is 1. The van der Waals surface area contributed by atoms with Crippen LogP contribution in [0.3, 0.4) is 0 Å². The van der Waals surface area contributed by atoms with Crippen molar-refractivity contribution in [3.05, 3.63) is 12.2 Å². The summed E-state index contributed by atoms with van der Waals surface area (Å²) in [6.07, 6.45) is -0.290. The van der Waals surface area contributed by atoms with Gasteiger partial charge in [-0.25, -0.2) is 0 Å². The van der Waals surface area contributed by atoms with Crippen molar-refractivity contribution in [2.45, 2.75) is 39.8 Å². The second-order valence-electron chi connectivity index (χ2n) is 6.17. The summed E-state index contributed by atoms with van der Waals surface area (Å²) in [6, 6.07) is -0.0852. The van der Waals surface area contributed by atoms with E-state index in [9.17, 15) is 9.90 Å². The summed E-state index contributed by atoms with van der Waals surface area (Å²) in [5, 5.41) is 9.43. The minimum Gasteiger partial charge on any atom is -0.392 e. The van der Waals surface area contributed by atoms with Gasteiger partial charge >= 0.3 is 0 Å². The molecule has 21 heavy (non-hydrogen) atoms. The molecule has 0 unspecified atom stereocenters. The zero-order chi connectivity index (χ0) is 16.0. The van der Waals surface area contributed by atoms with E-state index in [0.717, 1.165) is 38.3 Å². The van der Waals surface area contributed by atoms with Crippen LogP contribution in [-0.4, -0.2) is 83.7 Å². The van der Waals surface area contributed by atoms with Crippen LogP contribution >= 0.6 is 0 Å². The highest BCUT2D eigenvalue weighted by molar-refractivity contribution is 5.81. The van der Waals surface area contributed by atoms with E-state index in [-0.39, 0.29) is 18.1 Å². The third-order valence-corrected chi connectivity index (χ3v) is 3.99. The number of aliphatic hydroxyl groups excluding tert-OH is 1. The lowest BCUT2D eigenvalue weighted by atomic mass is 10.2. The van der Waals surface area contributed by atoms with E-state index in [1.54, 1.807) is 0 Å². The quantitative estimate of drug-likeness (QED) is 0.706. The number of β-amino-alcohol motifs (C(OH)–C–C–N with tert-alkyl or cyclic N) is 1. The zero-order valence-corrected chi connectivity index (χ0v) is 14.0. The number of nitrogens with zero attached hydrogens (tertiary/aromatic N) is 3. The summed E-state index contributed by atoms with van der Waals surface area (Å²) in [4.78, 5) is 18.9. The van der Waals surface area contributed by atoms with Crippen LogP contribution in [0.25, 0.3) is 0 Å². The maximum atomic E-state index is 12.6. The van der Waals surface area contributed by atoms with Crippen molar-refractivity contribution in [2.24, 2.45) is 0 Å². The molecular weight excluding hydrogens is 266 g/mol. The molecule has 0 aromatic rings. The first kappa shape index (κ1) is 18.1. The van der Waals surface area contributed by atoms with Crippen molar-refractivity contribution >= 4 is 5.91 Å². The van der Waals surface area contributed by atoms with E-state index < -0.39 is 0 Å². The Kier molecular flexibility index (Phi) is 7.35. The summed E-state index contributed by atoms with van der Waals surface area (Å²) in [5.74, 6) is 0.185. The largest absolute Gasteiger partial charge is 0.392 e. The molecular formula is C16H31N3O2. The molecule has 1 rings (SSSR count). The first-order valence-electron chi connectivity index (χ1n) is 7.92. The molecule has 0 spiro atoms. The van der Waals surface area contributed by atoms with Crippen molar-refractivity contribution in [1.29, 1.82) is 0 Å². The van der Waals surface area contributed by atoms with Crippen LogP contribution in [0.1, 0.15) is 27.7 Å². The smallest absolute Gasteiger partial charge is 0.239 e. The second-order valence-corrected chi connectivity index (χ2v) is 6.17. The zero-order valence-electron chi connectivity index (χ0n) is 14.0. The van der Waals surface area contributed by atoms with Gasteiger partial charge in [0.1, 0.15) is 0 Å². The van der Waals surface area contributed by atoms with E-state index in [1.807, 2.05) is 32.6 Å². The summed E-state index contributed by atoms with van der Waals surface area (Å²) in [6.45, 7) is 17.3. The molecule has 1 aliphatic heterocycles. The Labute approximate surface area is 129 Å². The Bertz CT molecular complexity index is 349. The van der Waals surface area contributed by atoms with E-state index in [2.05, 4.69) is 16.4 Å². The average Bonchev–Trinajstić information content (AvgIpc) is 2.43. The van der Waals surface area contributed by atoms with Gasteiger partial charge in [-0.2, -0.15) is 0 Å². The summed E-state index contributed by atoms with van der Waals surface area (Å²) in [7, 11) is 0. The third-order valence-electron chi connectivity index (χ3n) is 3.99. The highest BCUT2D eigenvalue weighted by Crippen LogP contribution is 2.10. The van der Waals surface area contributed by atoms with Gasteiger partial charge in [-0.1, -0.05) is 12.2 Å². The molecule has 1 heterocycles. The highest BCUT2D eigenvalue weighted by atomic mass is 16.3. The van der Waals surface area contributed by atoms with E-state index in [0.29, 0.717) is 13.1 Å². The first-order valence-corrected chi connectivity index (χ1v) is 7.92. The molecule has 1 amide bonds. The van der Waals surface area contributed by atoms with Gasteiger partial charge < -0.3 is 10.0 Å². The Morgan fingerprint density at radius 1 is 1.29 bits per heavy atom. The van der Waals surface area contributed by atoms with Gasteiger partial charge in [0.05, 0.1) is 12.1 Å². The number of hydrogen-bond donors (Lipinski definition) is 1. The van der Waals surface area contributed by atoms with Gasteiger partial charge in [0.2, 0.25) is 5.91 Å². The standard InChI is InChI=1S/C16H31N3O2/c1-6-18(11-13(2)3)16(21)15(5)19-9-7-17(8-10-19)12-14(4)20/h14-15,20H,2,6-12H2,1,3-5H3/t14-,15+/m0/s1. The molecule has 0 saturated carbocycles. The van der Waals surface area contributed by atoms with Crippen LogP contribution in [-0.2, 0) is 4.79 Å². The van der Waals surface area contributed by atoms with Crippen LogP contribution in [0.15, 0.2) is 12.2 Å². The maximum absolute atomic E-state index is 12.6. The monoisotopic (exact) mass is 297 g/mol. The molecule has 1 fully saturated rings. The Balaban J connectivity index is 2.50. The van der Waals surface area contributed by atoms with Crippen LogP contribution < -0.4 is 0 Å². The lowest BCUT2D eigenvalue weighted by Gasteiger charge is -2.39. The Morgan fingerprint density at radius 2 is 1.86 bits per heavy atom. The fraction of sp³-hybridized carbons (Fsp3) is 0.812. The highest BCUT2D eigenvalue weighted by Gasteiger charge is 2.28. The van der Waals surface area contributed by atoms with Crippen molar-refractivity contribution in [2.75, 3.05) is 45.8 Å². The molecule has 1 N–H and O–H groups in total. The fourth-order valence-electron chi connectivity index (χ4n) is 2.80. The molecule has 5 heteroatoms. The van der Waals surface area contributed by atoms with Crippen LogP contribution in [0.2, 0.25) is 0 Å². The van der Waals surface area contributed by atoms with Gasteiger partial charge in [-0.05, 0) is 27.7 Å². The molecule has 2 atom stereocenters. The Morgan fingerprint density at radius 3 is 2.29 bits per heavy atom. The molecule has 0 aromatic carbocycles. The molecule has 0 aromatic heterocycles. The average molecular weight is 297 g/mol. The number of likely N-dealkylation sites (N-methyl/N-ethyl adjacent to an activating group) is 1. The van der Waals surface area contributed by atoms with Crippen molar-refractivity contribution in [3.8, 4) is 0 Å². The van der Waals surface area contributed by atoms with Crippen LogP contribution in [0, 0.1) is 0 Å². The fourth-order valence-corrected chi connectivity index (χ4v) is 2.80. The lowest BCUT2D eigenvalue weighted by Crippen LogP contribution is -2.55. The Hall–Kier alpha value is -0.910. The molecule has 122 valence electrons. The lowest BCUT2D eigenvalue weighted by molar-refractivity contribution is -0.136. The van der Waals surface area contributed by atoms with Crippen molar-refractivity contribution < 1.29 is 9.90 Å². The molecule has 0 bridgehead atoms. The van der Waals surface area contributed by atoms with E-state index in [4.69, 9.17) is 0 Å². The predicted molar refractivity (Wildman–Crippen MR) is 86.2 cm³/mol. The maximum Gasteiger partial charge on any atom is 0.239 e. The third kappa shape index (κ3) is 5.77. The molecule has 0 radical (unpaired) electrons. The van der Waals surface area contributed by atoms with Crippen LogP contribution in [0.4, 0.5) is 0 Å². The summed E-state index contributed by atoms with van der Waals surface area (Å²) < 4.78 is 0. The number of carbonyl (C=O) groups is 1. The number of carbonyl (C=O) groups excluding carboxylic acids is 1. The molecule has 1 aliphatic rings. The van der Waals surface area contributed by atoms with Gasteiger partial charge in [-0.15, -0.1) is 0 Å². The SMILES string of the molecule is C=C(C)CN(CC)C(=O)[C@@H](C)N1CCN(C[C@H](C)O)CC1. The predicted octanol–water partition coefficient (Wildman–Crippen LogP) is 0.798. The van der Waals surface area contributed by atoms with E-state index in [1.165, 1.54) is 0 Å². The van der Waals surface area contributed by atoms with E-state index >= 15 is 0 Å². The number of hydrogen-bond acceptors (Lipinski definition) is 4. The van der Waals surface area contributed by atoms with Crippen molar-refractivity contribution in [1.82, 2.24) is 14.7 Å². The summed E-state index contributed by atoms with van der Waals surface area (Å²) >= 11 is 0. The summed E-state index contributed by atoms with van der Waals surface area (Å²) in [5.41, 5.74) is 1.01. The number of rotatable bonds is 7. The van der Waals surface area contributed by atoms with Crippen molar-refractivity contribution in [3.63, 3.8) is 0 Å². The molecule has 5 nitrogen and oxygen atoms in total. The number of amides is 1. The number of piperazine rings is 1. The second kappa shape index (κ2) is 8.51. The first-order chi connectivity index (χ1) is 9.85. The van der Waals surface area contributed by atoms with Gasteiger partial charge in [-0.3, -0.25) is 14.6 Å².